The number of piperidine rings is 1. The SMILES string of the molecule is COc1cc2c(cc1NCCNC1CC(c3ccc([C@@H]4CCC(=O)NC4=O)cc3)C1)[nH]c1ncnc(-c3ccc([C@@H](C)NC(=O)c4nc(C(C)(C)C)no4)c(C)c3F)c12. The molecule has 0 radical (unpaired) electrons. The summed E-state index contributed by atoms with van der Waals surface area (Å²) in [5, 5.41) is 17.8. The summed E-state index contributed by atoms with van der Waals surface area (Å²) in [4.78, 5) is 53.4. The maximum absolute atomic E-state index is 16.3. The smallest absolute Gasteiger partial charge is 0.315 e. The Morgan fingerprint density at radius 2 is 1.81 bits per heavy atom. The number of carbonyl (C=O) groups excluding carboxylic acids is 3. The van der Waals surface area contributed by atoms with Gasteiger partial charge in [0.15, 0.2) is 5.82 Å². The lowest BCUT2D eigenvalue weighted by atomic mass is 9.75. The molecule has 2 aliphatic rings. The molecule has 3 aromatic carbocycles. The number of aromatic amines is 1. The lowest BCUT2D eigenvalue weighted by molar-refractivity contribution is -0.134. The maximum Gasteiger partial charge on any atom is 0.315 e. The Morgan fingerprint density at radius 1 is 1.05 bits per heavy atom. The topological polar surface area (TPSA) is 189 Å². The first-order valence-electron chi connectivity index (χ1n) is 20.0. The second-order valence-corrected chi connectivity index (χ2v) is 16.6. The molecule has 59 heavy (non-hydrogen) atoms. The number of ether oxygens (including phenoxy) is 1. The Kier molecular flexibility index (Phi) is 10.6. The highest BCUT2D eigenvalue weighted by atomic mass is 19.1. The molecule has 2 fully saturated rings. The molecule has 6 aromatic rings. The third kappa shape index (κ3) is 7.86. The molecule has 2 atom stereocenters. The fourth-order valence-corrected chi connectivity index (χ4v) is 8.12. The molecule has 0 unspecified atom stereocenters. The molecule has 1 saturated carbocycles. The van der Waals surface area contributed by atoms with Crippen molar-refractivity contribution in [2.24, 2.45) is 0 Å². The molecule has 15 heteroatoms. The van der Waals surface area contributed by atoms with E-state index in [0.717, 1.165) is 41.5 Å². The van der Waals surface area contributed by atoms with E-state index in [4.69, 9.17) is 9.26 Å². The first-order valence-corrected chi connectivity index (χ1v) is 20.0. The van der Waals surface area contributed by atoms with Crippen molar-refractivity contribution in [1.82, 2.24) is 41.0 Å². The van der Waals surface area contributed by atoms with Crippen LogP contribution in [-0.4, -0.2) is 69.1 Å². The second-order valence-electron chi connectivity index (χ2n) is 16.6. The normalized spacial score (nSPS) is 18.7. The van der Waals surface area contributed by atoms with Gasteiger partial charge in [-0.2, -0.15) is 4.98 Å². The van der Waals surface area contributed by atoms with Gasteiger partial charge in [-0.15, -0.1) is 0 Å². The molecule has 14 nitrogen and oxygen atoms in total. The van der Waals surface area contributed by atoms with Crippen LogP contribution in [0, 0.1) is 12.7 Å². The lowest BCUT2D eigenvalue weighted by Crippen LogP contribution is -2.42. The number of amides is 3. The fourth-order valence-electron chi connectivity index (χ4n) is 8.12. The van der Waals surface area contributed by atoms with Gasteiger partial charge in [-0.25, -0.2) is 14.4 Å². The monoisotopic (exact) mass is 801 g/mol. The predicted octanol–water partition coefficient (Wildman–Crippen LogP) is 6.87. The minimum Gasteiger partial charge on any atom is -0.495 e. The summed E-state index contributed by atoms with van der Waals surface area (Å²) in [5.41, 5.74) is 5.71. The third-order valence-electron chi connectivity index (χ3n) is 11.6. The van der Waals surface area contributed by atoms with E-state index in [1.807, 2.05) is 45.0 Å². The number of halogens is 1. The zero-order valence-corrected chi connectivity index (χ0v) is 34.0. The van der Waals surface area contributed by atoms with Gasteiger partial charge in [0, 0.05) is 41.9 Å². The number of aromatic nitrogens is 5. The van der Waals surface area contributed by atoms with Crippen LogP contribution in [0.2, 0.25) is 0 Å². The van der Waals surface area contributed by atoms with Crippen LogP contribution >= 0.6 is 0 Å². The Bertz CT molecular complexity index is 2570. The van der Waals surface area contributed by atoms with E-state index in [2.05, 4.69) is 58.5 Å². The van der Waals surface area contributed by atoms with Gasteiger partial charge in [0.05, 0.1) is 41.4 Å². The van der Waals surface area contributed by atoms with Crippen molar-refractivity contribution in [3.63, 3.8) is 0 Å². The maximum atomic E-state index is 16.3. The van der Waals surface area contributed by atoms with Crippen LogP contribution in [0.5, 0.6) is 5.75 Å². The molecular formula is C44H48FN9O5. The van der Waals surface area contributed by atoms with E-state index in [9.17, 15) is 14.4 Å². The highest BCUT2D eigenvalue weighted by Crippen LogP contribution is 2.40. The van der Waals surface area contributed by atoms with Gasteiger partial charge in [-0.3, -0.25) is 19.7 Å². The summed E-state index contributed by atoms with van der Waals surface area (Å²) in [6.45, 7) is 10.6. The number of nitrogens with zero attached hydrogens (tertiary/aromatic N) is 4. The summed E-state index contributed by atoms with van der Waals surface area (Å²) in [5.74, 6) is -0.311. The van der Waals surface area contributed by atoms with Crippen LogP contribution in [0.15, 0.2) is 59.4 Å². The Balaban J connectivity index is 0.908. The standard InChI is InChI=1S/C44H48FN9O5/c1-22-28(23(2)50-41(57)42-53-43(54-59-42)44(3,4)5)11-12-30(37(22)45)38-36-31-19-34(58-6)33(20-32(31)51-39(36)49-21-48-38)47-16-15-46-27-17-26(18-27)24-7-9-25(10-8-24)29-13-14-35(55)52-40(29)56/h7-12,19-21,23,26-27,29,46-47H,13-18H2,1-6H3,(H,50,57)(H,48,49,51)(H,52,55,56)/t23-,26?,27?,29+/m1/s1. The van der Waals surface area contributed by atoms with Crippen molar-refractivity contribution in [1.29, 1.82) is 0 Å². The number of hydrogen-bond acceptors (Lipinski definition) is 11. The highest BCUT2D eigenvalue weighted by Gasteiger charge is 2.32. The molecule has 1 aliphatic carbocycles. The third-order valence-corrected chi connectivity index (χ3v) is 11.6. The zero-order chi connectivity index (χ0) is 41.6. The lowest BCUT2D eigenvalue weighted by Gasteiger charge is -2.36. The number of rotatable bonds is 12. The molecule has 1 aliphatic heterocycles. The molecule has 0 spiro atoms. The number of H-pyrrole nitrogens is 1. The van der Waals surface area contributed by atoms with E-state index >= 15 is 4.39 Å². The summed E-state index contributed by atoms with van der Waals surface area (Å²) >= 11 is 0. The van der Waals surface area contributed by atoms with Crippen molar-refractivity contribution >= 4 is 45.3 Å². The number of nitrogens with one attached hydrogen (secondary N) is 5. The molecule has 8 rings (SSSR count). The quantitative estimate of drug-likeness (QED) is 0.0642. The van der Waals surface area contributed by atoms with Crippen molar-refractivity contribution in [2.75, 3.05) is 25.5 Å². The van der Waals surface area contributed by atoms with Gasteiger partial charge in [0.2, 0.25) is 11.8 Å². The van der Waals surface area contributed by atoms with Gasteiger partial charge in [-0.1, -0.05) is 56.3 Å². The summed E-state index contributed by atoms with van der Waals surface area (Å²) in [6, 6.07) is 15.5. The highest BCUT2D eigenvalue weighted by molar-refractivity contribution is 6.13. The first kappa shape index (κ1) is 39.6. The van der Waals surface area contributed by atoms with E-state index < -0.39 is 17.8 Å². The summed E-state index contributed by atoms with van der Waals surface area (Å²) in [7, 11) is 1.62. The molecule has 3 aromatic heterocycles. The number of carbonyl (C=O) groups is 3. The molecule has 306 valence electrons. The van der Waals surface area contributed by atoms with E-state index in [1.165, 1.54) is 11.9 Å². The van der Waals surface area contributed by atoms with Crippen molar-refractivity contribution in [3.8, 4) is 17.0 Å². The average Bonchev–Trinajstić information content (AvgIpc) is 3.84. The van der Waals surface area contributed by atoms with Gasteiger partial charge < -0.3 is 30.2 Å². The van der Waals surface area contributed by atoms with Crippen molar-refractivity contribution in [2.45, 2.75) is 89.6 Å². The van der Waals surface area contributed by atoms with Gasteiger partial charge in [0.1, 0.15) is 23.5 Å². The number of fused-ring (bicyclic) bond motifs is 3. The number of anilines is 1. The summed E-state index contributed by atoms with van der Waals surface area (Å²) < 4.78 is 27.3. The Hall–Kier alpha value is -6.22. The van der Waals surface area contributed by atoms with Crippen LogP contribution in [-0.2, 0) is 15.0 Å². The van der Waals surface area contributed by atoms with E-state index in [0.29, 0.717) is 76.3 Å². The van der Waals surface area contributed by atoms with Crippen LogP contribution in [0.3, 0.4) is 0 Å². The molecule has 4 heterocycles. The van der Waals surface area contributed by atoms with Gasteiger partial charge in [-0.05, 0) is 79.5 Å². The second kappa shape index (κ2) is 15.9. The average molecular weight is 802 g/mol. The van der Waals surface area contributed by atoms with E-state index in [1.54, 1.807) is 33.1 Å². The number of imide groups is 1. The van der Waals surface area contributed by atoms with Crippen LogP contribution in [0.25, 0.3) is 33.2 Å². The zero-order valence-electron chi connectivity index (χ0n) is 34.0. The molecule has 0 bridgehead atoms. The summed E-state index contributed by atoms with van der Waals surface area (Å²) in [6.07, 6.45) is 4.40. The fraction of sp³-hybridized carbons (Fsp3) is 0.386. The number of hydrogen-bond donors (Lipinski definition) is 5. The molecule has 5 N–H and O–H groups in total. The molecular weight excluding hydrogens is 754 g/mol. The number of methoxy groups -OCH3 is 1. The molecule has 3 amide bonds. The van der Waals surface area contributed by atoms with Crippen molar-refractivity contribution in [3.05, 3.63) is 94.6 Å². The Morgan fingerprint density at radius 3 is 2.53 bits per heavy atom. The largest absolute Gasteiger partial charge is 0.495 e. The predicted molar refractivity (Wildman–Crippen MR) is 221 cm³/mol. The van der Waals surface area contributed by atoms with Gasteiger partial charge in [0.25, 0.3) is 0 Å². The Labute approximate surface area is 340 Å². The minimum atomic E-state index is -0.552. The molecule has 1 saturated heterocycles. The minimum absolute atomic E-state index is 0.151. The van der Waals surface area contributed by atoms with Crippen LogP contribution in [0.1, 0.15) is 110 Å². The first-order chi connectivity index (χ1) is 28.3. The van der Waals surface area contributed by atoms with E-state index in [-0.39, 0.29) is 29.0 Å². The number of benzene rings is 3. The van der Waals surface area contributed by atoms with Crippen LogP contribution in [0.4, 0.5) is 10.1 Å². The van der Waals surface area contributed by atoms with Crippen LogP contribution < -0.4 is 26.0 Å². The van der Waals surface area contributed by atoms with Crippen molar-refractivity contribution < 1.29 is 28.0 Å². The van der Waals surface area contributed by atoms with Gasteiger partial charge >= 0.3 is 11.8 Å².